The van der Waals surface area contributed by atoms with Gasteiger partial charge in [-0.1, -0.05) is 22.0 Å². The minimum atomic E-state index is 0. The summed E-state index contributed by atoms with van der Waals surface area (Å²) in [6, 6.07) is 7.99. The zero-order valence-corrected chi connectivity index (χ0v) is 16.9. The summed E-state index contributed by atoms with van der Waals surface area (Å²) in [7, 11) is 0. The van der Waals surface area contributed by atoms with Gasteiger partial charge in [0.2, 0.25) is 0 Å². The molecule has 0 spiro atoms. The summed E-state index contributed by atoms with van der Waals surface area (Å²) in [5.74, 6) is 0.489. The molecule has 1 saturated heterocycles. The predicted molar refractivity (Wildman–Crippen MR) is 106 cm³/mol. The molecule has 1 aromatic heterocycles. The molecule has 0 bridgehead atoms. The highest BCUT2D eigenvalue weighted by molar-refractivity contribution is 9.10. The van der Waals surface area contributed by atoms with Gasteiger partial charge in [0.05, 0.1) is 11.1 Å². The van der Waals surface area contributed by atoms with Gasteiger partial charge in [-0.2, -0.15) is 0 Å². The van der Waals surface area contributed by atoms with E-state index in [0.717, 1.165) is 39.6 Å². The molecule has 1 aromatic carbocycles. The number of carbonyl (C=O) groups excluding carboxylic acids is 1. The van der Waals surface area contributed by atoms with E-state index in [2.05, 4.69) is 27.8 Å². The van der Waals surface area contributed by atoms with Crippen LogP contribution < -0.4 is 5.73 Å². The summed E-state index contributed by atoms with van der Waals surface area (Å²) >= 11 is 3.46. The Hall–Kier alpha value is -0.880. The summed E-state index contributed by atoms with van der Waals surface area (Å²) in [5.41, 5.74) is 8.22. The Morgan fingerprint density at radius 3 is 2.71 bits per heavy atom. The first-order valence-electron chi connectivity index (χ1n) is 7.57. The largest absolute Gasteiger partial charge is 0.336 e. The monoisotopic (exact) mass is 433 g/mol. The normalized spacial score (nSPS) is 19.8. The highest BCUT2D eigenvalue weighted by Gasteiger charge is 2.32. The standard InChI is InChI=1S/C17H20BrN3O.2ClH/c1-10-5-15(14-4-3-13(18)7-16(14)20-10)17(22)21-9-12(8-19)6-11(21)2;;/h3-5,7,11-12H,6,8-9,19H2,1-2H3;2*1H. The summed E-state index contributed by atoms with van der Waals surface area (Å²) < 4.78 is 0.967. The molecular weight excluding hydrogens is 413 g/mol. The second-order valence-corrected chi connectivity index (χ2v) is 7.03. The third kappa shape index (κ3) is 4.02. The van der Waals surface area contributed by atoms with E-state index in [4.69, 9.17) is 5.73 Å². The smallest absolute Gasteiger partial charge is 0.254 e. The van der Waals surface area contributed by atoms with Crippen molar-refractivity contribution in [3.8, 4) is 0 Å². The lowest BCUT2D eigenvalue weighted by molar-refractivity contribution is 0.0745. The number of nitrogens with two attached hydrogens (primary N) is 1. The van der Waals surface area contributed by atoms with Crippen molar-refractivity contribution in [2.24, 2.45) is 11.7 Å². The number of hydrogen-bond donors (Lipinski definition) is 1. The van der Waals surface area contributed by atoms with Crippen LogP contribution in [0.25, 0.3) is 10.9 Å². The van der Waals surface area contributed by atoms with Gasteiger partial charge in [-0.25, -0.2) is 0 Å². The number of aromatic nitrogens is 1. The minimum Gasteiger partial charge on any atom is -0.336 e. The van der Waals surface area contributed by atoms with Gasteiger partial charge in [0.1, 0.15) is 0 Å². The molecule has 2 atom stereocenters. The fraction of sp³-hybridized carbons (Fsp3) is 0.412. The first kappa shape index (κ1) is 21.2. The van der Waals surface area contributed by atoms with Crippen LogP contribution in [-0.2, 0) is 0 Å². The van der Waals surface area contributed by atoms with Crippen LogP contribution in [-0.4, -0.2) is 34.9 Å². The first-order valence-corrected chi connectivity index (χ1v) is 8.37. The lowest BCUT2D eigenvalue weighted by Crippen LogP contribution is -2.34. The maximum atomic E-state index is 13.0. The Bertz CT molecular complexity index is 736. The lowest BCUT2D eigenvalue weighted by Gasteiger charge is -2.22. The van der Waals surface area contributed by atoms with E-state index in [1.54, 1.807) is 0 Å². The Balaban J connectivity index is 0.00000144. The van der Waals surface area contributed by atoms with Crippen molar-refractivity contribution in [3.63, 3.8) is 0 Å². The summed E-state index contributed by atoms with van der Waals surface area (Å²) in [4.78, 5) is 19.5. The zero-order chi connectivity index (χ0) is 15.9. The molecule has 2 heterocycles. The number of carbonyl (C=O) groups is 1. The van der Waals surface area contributed by atoms with Gasteiger partial charge in [0, 0.05) is 28.1 Å². The fourth-order valence-electron chi connectivity index (χ4n) is 3.26. The van der Waals surface area contributed by atoms with Crippen molar-refractivity contribution >= 4 is 57.6 Å². The van der Waals surface area contributed by atoms with E-state index in [-0.39, 0.29) is 36.8 Å². The highest BCUT2D eigenvalue weighted by Crippen LogP contribution is 2.28. The maximum Gasteiger partial charge on any atom is 0.254 e. The zero-order valence-electron chi connectivity index (χ0n) is 13.7. The van der Waals surface area contributed by atoms with Crippen LogP contribution in [0.4, 0.5) is 0 Å². The molecule has 0 aliphatic carbocycles. The number of amides is 1. The average molecular weight is 435 g/mol. The lowest BCUT2D eigenvalue weighted by atomic mass is 10.1. The van der Waals surface area contributed by atoms with Crippen molar-refractivity contribution in [2.45, 2.75) is 26.3 Å². The van der Waals surface area contributed by atoms with Gasteiger partial charge < -0.3 is 10.6 Å². The van der Waals surface area contributed by atoms with Crippen LogP contribution in [0.5, 0.6) is 0 Å². The van der Waals surface area contributed by atoms with E-state index in [1.165, 1.54) is 0 Å². The van der Waals surface area contributed by atoms with Gasteiger partial charge in [-0.05, 0) is 50.9 Å². The molecule has 0 radical (unpaired) electrons. The number of nitrogens with zero attached hydrogens (tertiary/aromatic N) is 2. The van der Waals surface area contributed by atoms with E-state index >= 15 is 0 Å². The number of benzene rings is 1. The Kier molecular flexibility index (Phi) is 7.47. The van der Waals surface area contributed by atoms with Crippen molar-refractivity contribution in [1.29, 1.82) is 0 Å². The number of pyridine rings is 1. The predicted octanol–water partition coefficient (Wildman–Crippen LogP) is 3.96. The third-order valence-electron chi connectivity index (χ3n) is 4.39. The molecule has 0 saturated carbocycles. The molecular formula is C17H22BrCl2N3O. The molecule has 2 N–H and O–H groups in total. The SMILES string of the molecule is Cc1cc(C(=O)N2CC(CN)CC2C)c2ccc(Br)cc2n1.Cl.Cl. The van der Waals surface area contributed by atoms with Crippen LogP contribution in [0, 0.1) is 12.8 Å². The Morgan fingerprint density at radius 2 is 2.08 bits per heavy atom. The van der Waals surface area contributed by atoms with Gasteiger partial charge >= 0.3 is 0 Å². The van der Waals surface area contributed by atoms with Gasteiger partial charge in [-0.3, -0.25) is 9.78 Å². The molecule has 7 heteroatoms. The topological polar surface area (TPSA) is 59.2 Å². The van der Waals surface area contributed by atoms with Crippen LogP contribution >= 0.6 is 40.7 Å². The minimum absolute atomic E-state index is 0. The van der Waals surface area contributed by atoms with Crippen molar-refractivity contribution < 1.29 is 4.79 Å². The molecule has 2 aromatic rings. The second-order valence-electron chi connectivity index (χ2n) is 6.12. The molecule has 132 valence electrons. The van der Waals surface area contributed by atoms with E-state index in [1.807, 2.05) is 36.1 Å². The van der Waals surface area contributed by atoms with Crippen LogP contribution in [0.3, 0.4) is 0 Å². The molecule has 3 rings (SSSR count). The van der Waals surface area contributed by atoms with E-state index < -0.39 is 0 Å². The van der Waals surface area contributed by atoms with Gasteiger partial charge in [-0.15, -0.1) is 24.8 Å². The maximum absolute atomic E-state index is 13.0. The third-order valence-corrected chi connectivity index (χ3v) is 4.88. The molecule has 1 fully saturated rings. The van der Waals surface area contributed by atoms with Crippen molar-refractivity contribution in [1.82, 2.24) is 9.88 Å². The number of halogens is 3. The fourth-order valence-corrected chi connectivity index (χ4v) is 3.61. The van der Waals surface area contributed by atoms with E-state index in [9.17, 15) is 4.79 Å². The number of likely N-dealkylation sites (tertiary alicyclic amines) is 1. The Labute approximate surface area is 163 Å². The van der Waals surface area contributed by atoms with Crippen LogP contribution in [0.1, 0.15) is 29.4 Å². The second kappa shape index (κ2) is 8.48. The molecule has 1 amide bonds. The molecule has 24 heavy (non-hydrogen) atoms. The number of fused-ring (bicyclic) bond motifs is 1. The summed E-state index contributed by atoms with van der Waals surface area (Å²) in [6.45, 7) is 5.40. The van der Waals surface area contributed by atoms with E-state index in [0.29, 0.717) is 12.5 Å². The molecule has 1 aliphatic heterocycles. The highest BCUT2D eigenvalue weighted by atomic mass is 79.9. The van der Waals surface area contributed by atoms with Gasteiger partial charge in [0.15, 0.2) is 0 Å². The number of hydrogen-bond acceptors (Lipinski definition) is 3. The molecule has 4 nitrogen and oxygen atoms in total. The number of aryl methyl sites for hydroxylation is 1. The summed E-state index contributed by atoms with van der Waals surface area (Å²) in [5, 5.41) is 0.905. The van der Waals surface area contributed by atoms with Crippen molar-refractivity contribution in [2.75, 3.05) is 13.1 Å². The number of rotatable bonds is 2. The summed E-state index contributed by atoms with van der Waals surface area (Å²) in [6.07, 6.45) is 0.982. The first-order chi connectivity index (χ1) is 10.5. The Morgan fingerprint density at radius 1 is 1.38 bits per heavy atom. The van der Waals surface area contributed by atoms with Crippen molar-refractivity contribution in [3.05, 3.63) is 40.0 Å². The average Bonchev–Trinajstić information content (AvgIpc) is 2.86. The molecule has 2 unspecified atom stereocenters. The van der Waals surface area contributed by atoms with Gasteiger partial charge in [0.25, 0.3) is 5.91 Å². The van der Waals surface area contributed by atoms with Crippen LogP contribution in [0.2, 0.25) is 0 Å². The quantitative estimate of drug-likeness (QED) is 0.777. The molecule has 1 aliphatic rings. The van der Waals surface area contributed by atoms with Crippen LogP contribution in [0.15, 0.2) is 28.7 Å².